The van der Waals surface area contributed by atoms with Crippen LogP contribution < -0.4 is 11.1 Å². The average molecular weight is 203 g/mol. The van der Waals surface area contributed by atoms with Gasteiger partial charge in [-0.2, -0.15) is 0 Å². The topological polar surface area (TPSA) is 50.4 Å². The van der Waals surface area contributed by atoms with Gasteiger partial charge in [0.2, 0.25) is 0 Å². The monoisotopic (exact) mass is 203 g/mol. The SMILES string of the molecule is NC1N=CC2=CC=CC3(CCCC3)C2N1. The van der Waals surface area contributed by atoms with Crippen molar-refractivity contribution in [1.29, 1.82) is 0 Å². The molecule has 3 N–H and O–H groups in total. The molecule has 0 radical (unpaired) electrons. The Bertz CT molecular complexity index is 348. The molecule has 1 fully saturated rings. The third-order valence-corrected chi connectivity index (χ3v) is 3.88. The number of nitrogens with one attached hydrogen (secondary N) is 1. The highest BCUT2D eigenvalue weighted by Crippen LogP contribution is 2.46. The van der Waals surface area contributed by atoms with Crippen LogP contribution in [0.3, 0.4) is 0 Å². The third-order valence-electron chi connectivity index (χ3n) is 3.88. The minimum Gasteiger partial charge on any atom is -0.297 e. The first-order valence-electron chi connectivity index (χ1n) is 5.74. The molecule has 1 spiro atoms. The Morgan fingerprint density at radius 1 is 1.40 bits per heavy atom. The fourth-order valence-corrected chi connectivity index (χ4v) is 3.12. The highest BCUT2D eigenvalue weighted by Gasteiger charge is 2.43. The van der Waals surface area contributed by atoms with Crippen molar-refractivity contribution >= 4 is 6.21 Å². The molecule has 2 unspecified atom stereocenters. The van der Waals surface area contributed by atoms with Crippen LogP contribution in [0.4, 0.5) is 0 Å². The molecule has 3 nitrogen and oxygen atoms in total. The number of nitrogens with zero attached hydrogens (tertiary/aromatic N) is 1. The normalized spacial score (nSPS) is 36.7. The van der Waals surface area contributed by atoms with Crippen LogP contribution in [0.15, 0.2) is 28.8 Å². The fourth-order valence-electron chi connectivity index (χ4n) is 3.12. The predicted octanol–water partition coefficient (Wildman–Crippen LogP) is 1.33. The Morgan fingerprint density at radius 2 is 2.20 bits per heavy atom. The zero-order valence-electron chi connectivity index (χ0n) is 8.82. The van der Waals surface area contributed by atoms with Crippen molar-refractivity contribution in [3.05, 3.63) is 23.8 Å². The number of nitrogens with two attached hydrogens (primary N) is 1. The summed E-state index contributed by atoms with van der Waals surface area (Å²) in [6.07, 6.45) is 13.6. The summed E-state index contributed by atoms with van der Waals surface area (Å²) in [6.45, 7) is 0. The van der Waals surface area contributed by atoms with E-state index in [0.29, 0.717) is 11.5 Å². The van der Waals surface area contributed by atoms with Crippen LogP contribution in [0.5, 0.6) is 0 Å². The van der Waals surface area contributed by atoms with E-state index < -0.39 is 0 Å². The van der Waals surface area contributed by atoms with E-state index in [1.807, 2.05) is 6.21 Å². The van der Waals surface area contributed by atoms with E-state index in [4.69, 9.17) is 5.73 Å². The summed E-state index contributed by atoms with van der Waals surface area (Å²) in [4.78, 5) is 4.21. The molecule has 3 rings (SSSR count). The lowest BCUT2D eigenvalue weighted by Crippen LogP contribution is -2.54. The Balaban J connectivity index is 1.97. The lowest BCUT2D eigenvalue weighted by Gasteiger charge is -2.41. The number of rotatable bonds is 0. The van der Waals surface area contributed by atoms with Crippen molar-refractivity contribution in [3.8, 4) is 0 Å². The maximum atomic E-state index is 5.83. The lowest BCUT2D eigenvalue weighted by atomic mass is 9.72. The van der Waals surface area contributed by atoms with Crippen LogP contribution in [-0.4, -0.2) is 18.5 Å². The van der Waals surface area contributed by atoms with Gasteiger partial charge in [-0.3, -0.25) is 16.0 Å². The first-order valence-corrected chi connectivity index (χ1v) is 5.74. The number of hydrogen-bond acceptors (Lipinski definition) is 3. The summed E-state index contributed by atoms with van der Waals surface area (Å²) in [5.41, 5.74) is 7.44. The number of hydrogen-bond donors (Lipinski definition) is 2. The van der Waals surface area contributed by atoms with Gasteiger partial charge in [0.1, 0.15) is 0 Å². The molecule has 0 aromatic heterocycles. The van der Waals surface area contributed by atoms with Crippen molar-refractivity contribution < 1.29 is 0 Å². The Kier molecular flexibility index (Phi) is 2.04. The predicted molar refractivity (Wildman–Crippen MR) is 61.5 cm³/mol. The molecule has 1 aliphatic heterocycles. The van der Waals surface area contributed by atoms with E-state index >= 15 is 0 Å². The van der Waals surface area contributed by atoms with Gasteiger partial charge in [0.25, 0.3) is 0 Å². The van der Waals surface area contributed by atoms with Gasteiger partial charge in [0.15, 0.2) is 6.29 Å². The van der Waals surface area contributed by atoms with E-state index in [1.165, 1.54) is 31.3 Å². The first-order chi connectivity index (χ1) is 7.30. The molecule has 2 aliphatic carbocycles. The smallest absolute Gasteiger partial charge is 0.151 e. The van der Waals surface area contributed by atoms with E-state index in [9.17, 15) is 0 Å². The van der Waals surface area contributed by atoms with Gasteiger partial charge in [-0.25, -0.2) is 0 Å². The summed E-state index contributed by atoms with van der Waals surface area (Å²) < 4.78 is 0. The molecule has 3 aliphatic rings. The Labute approximate surface area is 90.1 Å². The van der Waals surface area contributed by atoms with Gasteiger partial charge in [0.05, 0.1) is 0 Å². The van der Waals surface area contributed by atoms with Crippen molar-refractivity contribution in [3.63, 3.8) is 0 Å². The summed E-state index contributed by atoms with van der Waals surface area (Å²) >= 11 is 0. The quantitative estimate of drug-likeness (QED) is 0.624. The van der Waals surface area contributed by atoms with E-state index in [2.05, 4.69) is 28.5 Å². The zero-order valence-corrected chi connectivity index (χ0v) is 8.82. The Morgan fingerprint density at radius 3 is 3.00 bits per heavy atom. The maximum absolute atomic E-state index is 5.83. The van der Waals surface area contributed by atoms with Crippen LogP contribution in [-0.2, 0) is 0 Å². The molecule has 1 saturated carbocycles. The van der Waals surface area contributed by atoms with Crippen molar-refractivity contribution in [1.82, 2.24) is 5.32 Å². The van der Waals surface area contributed by atoms with Crippen LogP contribution in [0.25, 0.3) is 0 Å². The van der Waals surface area contributed by atoms with Crippen LogP contribution in [0, 0.1) is 5.41 Å². The molecule has 3 heteroatoms. The van der Waals surface area contributed by atoms with E-state index in [1.54, 1.807) is 0 Å². The molecule has 0 saturated heterocycles. The molecule has 0 amide bonds. The van der Waals surface area contributed by atoms with Gasteiger partial charge in [-0.05, 0) is 18.4 Å². The number of allylic oxidation sites excluding steroid dienone is 2. The molecule has 2 atom stereocenters. The van der Waals surface area contributed by atoms with Gasteiger partial charge in [-0.1, -0.05) is 31.1 Å². The van der Waals surface area contributed by atoms with Crippen LogP contribution >= 0.6 is 0 Å². The standard InChI is InChI=1S/C12H17N3/c13-11-14-8-9-4-3-7-12(10(9)15-11)5-1-2-6-12/h3-4,7-8,10-11,15H,1-2,5-6,13H2. The number of fused-ring (bicyclic) bond motifs is 2. The summed E-state index contributed by atoms with van der Waals surface area (Å²) in [5, 5.41) is 3.41. The Hall–Kier alpha value is -0.930. The second kappa shape index (κ2) is 3.29. The largest absolute Gasteiger partial charge is 0.297 e. The van der Waals surface area contributed by atoms with Crippen LogP contribution in [0.1, 0.15) is 25.7 Å². The third kappa shape index (κ3) is 1.38. The van der Waals surface area contributed by atoms with E-state index in [-0.39, 0.29) is 6.29 Å². The highest BCUT2D eigenvalue weighted by molar-refractivity contribution is 5.82. The minimum atomic E-state index is -0.226. The van der Waals surface area contributed by atoms with Gasteiger partial charge in [-0.15, -0.1) is 0 Å². The molecule has 1 heterocycles. The summed E-state index contributed by atoms with van der Waals surface area (Å²) in [7, 11) is 0. The molecular formula is C12H17N3. The summed E-state index contributed by atoms with van der Waals surface area (Å²) in [5.74, 6) is 0. The van der Waals surface area contributed by atoms with Crippen molar-refractivity contribution in [2.45, 2.75) is 38.0 Å². The molecule has 80 valence electrons. The second-order valence-corrected chi connectivity index (χ2v) is 4.79. The highest BCUT2D eigenvalue weighted by atomic mass is 15.2. The fraction of sp³-hybridized carbons (Fsp3) is 0.583. The van der Waals surface area contributed by atoms with Gasteiger partial charge < -0.3 is 0 Å². The molecule has 15 heavy (non-hydrogen) atoms. The maximum Gasteiger partial charge on any atom is 0.151 e. The van der Waals surface area contributed by atoms with Gasteiger partial charge >= 0.3 is 0 Å². The molecular weight excluding hydrogens is 186 g/mol. The van der Waals surface area contributed by atoms with Crippen molar-refractivity contribution in [2.24, 2.45) is 16.1 Å². The van der Waals surface area contributed by atoms with Gasteiger partial charge in [0, 0.05) is 17.7 Å². The van der Waals surface area contributed by atoms with E-state index in [0.717, 1.165) is 0 Å². The van der Waals surface area contributed by atoms with Crippen molar-refractivity contribution in [2.75, 3.05) is 0 Å². The summed E-state index contributed by atoms with van der Waals surface area (Å²) in [6, 6.07) is 0.387. The molecule has 0 bridgehead atoms. The lowest BCUT2D eigenvalue weighted by molar-refractivity contribution is 0.270. The number of aliphatic imine (C=N–C) groups is 1. The average Bonchev–Trinajstić information content (AvgIpc) is 2.69. The second-order valence-electron chi connectivity index (χ2n) is 4.79. The zero-order chi connectivity index (χ0) is 10.3. The molecule has 0 aromatic rings. The first kappa shape index (κ1) is 9.31. The minimum absolute atomic E-state index is 0.226. The molecule has 0 aromatic carbocycles. The van der Waals surface area contributed by atoms with Crippen LogP contribution in [0.2, 0.25) is 0 Å².